The Bertz CT molecular complexity index is 708. The van der Waals surface area contributed by atoms with E-state index in [-0.39, 0.29) is 16.5 Å². The van der Waals surface area contributed by atoms with Crippen LogP contribution >= 0.6 is 0 Å². The van der Waals surface area contributed by atoms with Crippen LogP contribution in [0, 0.1) is 0 Å². The zero-order valence-corrected chi connectivity index (χ0v) is 11.6. The van der Waals surface area contributed by atoms with Crippen molar-refractivity contribution in [2.24, 2.45) is 0 Å². The molecule has 2 aromatic rings. The van der Waals surface area contributed by atoms with Crippen molar-refractivity contribution in [1.82, 2.24) is 0 Å². The summed E-state index contributed by atoms with van der Waals surface area (Å²) in [5.41, 5.74) is 0.966. The van der Waals surface area contributed by atoms with E-state index < -0.39 is 11.9 Å². The van der Waals surface area contributed by atoms with E-state index in [1.165, 1.54) is 6.07 Å². The molecule has 2 aromatic carbocycles. The molecule has 0 bridgehead atoms. The number of carbonyl (C=O) groups is 2. The Morgan fingerprint density at radius 1 is 0.900 bits per heavy atom. The highest BCUT2D eigenvalue weighted by atomic mass is 16.4. The van der Waals surface area contributed by atoms with Crippen molar-refractivity contribution in [3.8, 4) is 0 Å². The van der Waals surface area contributed by atoms with Gasteiger partial charge in [0.1, 0.15) is 0 Å². The molecular formula is C16H16O4. The molecule has 2 rings (SSSR count). The van der Waals surface area contributed by atoms with E-state index in [0.29, 0.717) is 0 Å². The fourth-order valence-electron chi connectivity index (χ4n) is 2.23. The summed E-state index contributed by atoms with van der Waals surface area (Å²) in [7, 11) is 0. The Kier molecular flexibility index (Phi) is 3.26. The number of carboxylic acids is 2. The molecule has 0 saturated carbocycles. The summed E-state index contributed by atoms with van der Waals surface area (Å²) >= 11 is 0. The topological polar surface area (TPSA) is 74.6 Å². The SMILES string of the molecule is CC(C)(C)c1cc(C(=O)O)cc2ccc(C(=O)O)cc12. The third-order valence-corrected chi connectivity index (χ3v) is 3.26. The minimum Gasteiger partial charge on any atom is -0.478 e. The first-order chi connectivity index (χ1) is 9.20. The maximum absolute atomic E-state index is 11.2. The first-order valence-electron chi connectivity index (χ1n) is 6.25. The number of hydrogen-bond donors (Lipinski definition) is 2. The van der Waals surface area contributed by atoms with Crippen LogP contribution < -0.4 is 0 Å². The summed E-state index contributed by atoms with van der Waals surface area (Å²) in [5.74, 6) is -1.98. The van der Waals surface area contributed by atoms with Gasteiger partial charge in [-0.1, -0.05) is 26.8 Å². The molecule has 20 heavy (non-hydrogen) atoms. The van der Waals surface area contributed by atoms with Crippen molar-refractivity contribution >= 4 is 22.7 Å². The second-order valence-corrected chi connectivity index (χ2v) is 5.82. The van der Waals surface area contributed by atoms with Crippen molar-refractivity contribution in [3.63, 3.8) is 0 Å². The average Bonchev–Trinajstić information content (AvgIpc) is 2.35. The molecule has 0 spiro atoms. The molecule has 0 amide bonds. The monoisotopic (exact) mass is 272 g/mol. The fraction of sp³-hybridized carbons (Fsp3) is 0.250. The largest absolute Gasteiger partial charge is 0.478 e. The molecule has 0 aromatic heterocycles. The van der Waals surface area contributed by atoms with Crippen LogP contribution in [0.1, 0.15) is 47.1 Å². The molecule has 0 heterocycles. The lowest BCUT2D eigenvalue weighted by Crippen LogP contribution is -2.13. The number of fused-ring (bicyclic) bond motifs is 1. The molecule has 0 radical (unpaired) electrons. The van der Waals surface area contributed by atoms with Gasteiger partial charge < -0.3 is 10.2 Å². The van der Waals surface area contributed by atoms with Gasteiger partial charge in [0.15, 0.2) is 0 Å². The van der Waals surface area contributed by atoms with Crippen LogP contribution in [0.3, 0.4) is 0 Å². The number of aromatic carboxylic acids is 2. The normalized spacial score (nSPS) is 11.6. The van der Waals surface area contributed by atoms with Crippen LogP contribution in [-0.4, -0.2) is 22.2 Å². The van der Waals surface area contributed by atoms with Gasteiger partial charge in [-0.25, -0.2) is 9.59 Å². The fourth-order valence-corrected chi connectivity index (χ4v) is 2.23. The summed E-state index contributed by atoms with van der Waals surface area (Å²) in [6, 6.07) is 7.93. The molecule has 0 atom stereocenters. The lowest BCUT2D eigenvalue weighted by molar-refractivity contribution is 0.0685. The van der Waals surface area contributed by atoms with E-state index in [2.05, 4.69) is 0 Å². The first-order valence-corrected chi connectivity index (χ1v) is 6.25. The molecule has 0 aliphatic rings. The van der Waals surface area contributed by atoms with Gasteiger partial charge in [-0.05, 0) is 46.0 Å². The summed E-state index contributed by atoms with van der Waals surface area (Å²) < 4.78 is 0. The van der Waals surface area contributed by atoms with Crippen molar-refractivity contribution in [3.05, 3.63) is 47.0 Å². The molecule has 0 unspecified atom stereocenters. The zero-order valence-electron chi connectivity index (χ0n) is 11.6. The van der Waals surface area contributed by atoms with Crippen LogP contribution in [-0.2, 0) is 5.41 Å². The number of benzene rings is 2. The van der Waals surface area contributed by atoms with E-state index >= 15 is 0 Å². The van der Waals surface area contributed by atoms with Crippen molar-refractivity contribution in [1.29, 1.82) is 0 Å². The van der Waals surface area contributed by atoms with Gasteiger partial charge in [-0.2, -0.15) is 0 Å². The maximum atomic E-state index is 11.2. The second-order valence-electron chi connectivity index (χ2n) is 5.82. The highest BCUT2D eigenvalue weighted by Gasteiger charge is 2.20. The van der Waals surface area contributed by atoms with Crippen molar-refractivity contribution in [2.45, 2.75) is 26.2 Å². The quantitative estimate of drug-likeness (QED) is 0.877. The minimum atomic E-state index is -0.992. The first kappa shape index (κ1) is 14.1. The van der Waals surface area contributed by atoms with E-state index in [9.17, 15) is 14.7 Å². The predicted octanol–water partition coefficient (Wildman–Crippen LogP) is 3.53. The zero-order chi connectivity index (χ0) is 15.1. The lowest BCUT2D eigenvalue weighted by atomic mass is 9.82. The predicted molar refractivity (Wildman–Crippen MR) is 76.6 cm³/mol. The Hall–Kier alpha value is -2.36. The van der Waals surface area contributed by atoms with Crippen LogP contribution in [0.4, 0.5) is 0 Å². The molecule has 4 heteroatoms. The molecular weight excluding hydrogens is 256 g/mol. The third-order valence-electron chi connectivity index (χ3n) is 3.26. The lowest BCUT2D eigenvalue weighted by Gasteiger charge is -2.22. The van der Waals surface area contributed by atoms with E-state index in [1.54, 1.807) is 24.3 Å². The molecule has 104 valence electrons. The Balaban J connectivity index is 2.85. The van der Waals surface area contributed by atoms with Gasteiger partial charge in [0.05, 0.1) is 11.1 Å². The van der Waals surface area contributed by atoms with Gasteiger partial charge >= 0.3 is 11.9 Å². The average molecular weight is 272 g/mol. The summed E-state index contributed by atoms with van der Waals surface area (Å²) in [4.78, 5) is 22.3. The van der Waals surface area contributed by atoms with Crippen LogP contribution in [0.5, 0.6) is 0 Å². The summed E-state index contributed by atoms with van der Waals surface area (Å²) in [6.45, 7) is 5.92. The Morgan fingerprint density at radius 2 is 1.50 bits per heavy atom. The second kappa shape index (κ2) is 4.63. The van der Waals surface area contributed by atoms with E-state index in [0.717, 1.165) is 16.3 Å². The van der Waals surface area contributed by atoms with Crippen molar-refractivity contribution < 1.29 is 19.8 Å². The van der Waals surface area contributed by atoms with Crippen molar-refractivity contribution in [2.75, 3.05) is 0 Å². The molecule has 2 N–H and O–H groups in total. The summed E-state index contributed by atoms with van der Waals surface area (Å²) in [6.07, 6.45) is 0. The van der Waals surface area contributed by atoms with Gasteiger partial charge in [0.2, 0.25) is 0 Å². The molecule has 0 fully saturated rings. The number of rotatable bonds is 2. The maximum Gasteiger partial charge on any atom is 0.335 e. The Morgan fingerprint density at radius 3 is 2.00 bits per heavy atom. The standard InChI is InChI=1S/C16H16O4/c1-16(2,3)13-8-11(15(19)20)6-9-4-5-10(14(17)18)7-12(9)13/h4-8H,1-3H3,(H,17,18)(H,19,20). The summed E-state index contributed by atoms with van der Waals surface area (Å²) in [5, 5.41) is 19.8. The van der Waals surface area contributed by atoms with Gasteiger partial charge in [0, 0.05) is 0 Å². The van der Waals surface area contributed by atoms with Crippen LogP contribution in [0.15, 0.2) is 30.3 Å². The molecule has 0 aliphatic heterocycles. The molecule has 0 aliphatic carbocycles. The van der Waals surface area contributed by atoms with E-state index in [1.807, 2.05) is 20.8 Å². The highest BCUT2D eigenvalue weighted by molar-refractivity contribution is 6.00. The molecule has 4 nitrogen and oxygen atoms in total. The Labute approximate surface area is 116 Å². The minimum absolute atomic E-state index is 0.200. The van der Waals surface area contributed by atoms with Crippen LogP contribution in [0.25, 0.3) is 10.8 Å². The smallest absolute Gasteiger partial charge is 0.335 e. The van der Waals surface area contributed by atoms with Gasteiger partial charge in [0.25, 0.3) is 0 Å². The number of hydrogen-bond acceptors (Lipinski definition) is 2. The van der Waals surface area contributed by atoms with E-state index in [4.69, 9.17) is 5.11 Å². The molecule has 0 saturated heterocycles. The third kappa shape index (κ3) is 2.50. The highest BCUT2D eigenvalue weighted by Crippen LogP contribution is 2.32. The van der Waals surface area contributed by atoms with Gasteiger partial charge in [-0.3, -0.25) is 0 Å². The van der Waals surface area contributed by atoms with Crippen LogP contribution in [0.2, 0.25) is 0 Å². The number of carboxylic acid groups (broad SMARTS) is 2. The van der Waals surface area contributed by atoms with Gasteiger partial charge in [-0.15, -0.1) is 0 Å².